The molecule has 0 heterocycles. The summed E-state index contributed by atoms with van der Waals surface area (Å²) >= 11 is 0. The number of nitrogens with zero attached hydrogens (tertiary/aromatic N) is 2. The molecule has 4 rings (SSSR count). The van der Waals surface area contributed by atoms with Crippen molar-refractivity contribution in [2.75, 3.05) is 22.9 Å². The highest BCUT2D eigenvalue weighted by Crippen LogP contribution is 2.31. The molecule has 4 aromatic rings. The van der Waals surface area contributed by atoms with Gasteiger partial charge in [0.25, 0.3) is 11.8 Å². The zero-order chi connectivity index (χ0) is 33.1. The topological polar surface area (TPSA) is 59.1 Å². The molecule has 0 aliphatic carbocycles. The monoisotopic (exact) mass is 620 g/mol. The molecule has 0 fully saturated rings. The van der Waals surface area contributed by atoms with Gasteiger partial charge >= 0.3 is 0 Å². The van der Waals surface area contributed by atoms with Gasteiger partial charge in [0, 0.05) is 24.5 Å². The first kappa shape index (κ1) is 34.3. The number of carbonyl (C=O) groups is 2. The maximum Gasteiger partial charge on any atom is 0.267 e. The molecule has 0 aliphatic heterocycles. The molecule has 0 spiro atoms. The smallest absolute Gasteiger partial charge is 0.267 e. The number of carbonyl (C=O) groups excluding carboxylic acids is 2. The number of benzene rings is 4. The fraction of sp³-hybridized carbons (Fsp3) is 0.350. The lowest BCUT2D eigenvalue weighted by Crippen LogP contribution is -2.48. The lowest BCUT2D eigenvalue weighted by Gasteiger charge is -2.31. The summed E-state index contributed by atoms with van der Waals surface area (Å²) in [5, 5.41) is 0. The third-order valence-electron chi connectivity index (χ3n) is 8.64. The van der Waals surface area contributed by atoms with Gasteiger partial charge in [0.1, 0.15) is 11.5 Å². The minimum absolute atomic E-state index is 0.183. The Labute approximate surface area is 275 Å². The number of para-hydroxylation sites is 4. The van der Waals surface area contributed by atoms with Crippen molar-refractivity contribution in [1.29, 1.82) is 0 Å². The molecule has 0 aliphatic rings. The van der Waals surface area contributed by atoms with Crippen molar-refractivity contribution in [1.82, 2.24) is 0 Å². The molecule has 4 atom stereocenters. The van der Waals surface area contributed by atoms with Crippen LogP contribution in [0, 0.1) is 0 Å². The molecule has 4 aromatic carbocycles. The molecule has 0 aromatic heterocycles. The van der Waals surface area contributed by atoms with Crippen molar-refractivity contribution in [2.24, 2.45) is 0 Å². The molecule has 0 radical (unpaired) electrons. The lowest BCUT2D eigenvalue weighted by molar-refractivity contribution is -0.126. The Bertz CT molecular complexity index is 1420. The van der Waals surface area contributed by atoms with E-state index < -0.39 is 12.2 Å². The zero-order valence-corrected chi connectivity index (χ0v) is 28.1. The molecule has 242 valence electrons. The van der Waals surface area contributed by atoms with Crippen LogP contribution in [0.4, 0.5) is 11.4 Å². The predicted molar refractivity (Wildman–Crippen MR) is 188 cm³/mol. The van der Waals surface area contributed by atoms with E-state index in [2.05, 4.69) is 39.8 Å². The van der Waals surface area contributed by atoms with Gasteiger partial charge in [-0.3, -0.25) is 9.59 Å². The highest BCUT2D eigenvalue weighted by atomic mass is 16.5. The van der Waals surface area contributed by atoms with Crippen LogP contribution >= 0.6 is 0 Å². The van der Waals surface area contributed by atoms with E-state index in [1.165, 1.54) is 0 Å². The minimum atomic E-state index is -0.745. The molecule has 4 unspecified atom stereocenters. The molecule has 0 saturated heterocycles. The van der Waals surface area contributed by atoms with Gasteiger partial charge in [0.2, 0.25) is 0 Å². The molecule has 2 amide bonds. The summed E-state index contributed by atoms with van der Waals surface area (Å²) in [6.07, 6.45) is 0.442. The molecule has 0 N–H and O–H groups in total. The van der Waals surface area contributed by atoms with Crippen molar-refractivity contribution >= 4 is 23.2 Å². The van der Waals surface area contributed by atoms with E-state index in [0.717, 1.165) is 46.8 Å². The van der Waals surface area contributed by atoms with Gasteiger partial charge in [0.05, 0.1) is 0 Å². The summed E-state index contributed by atoms with van der Waals surface area (Å²) in [6.45, 7) is 12.7. The van der Waals surface area contributed by atoms with Crippen molar-refractivity contribution < 1.29 is 19.1 Å². The number of anilines is 2. The molecule has 0 bridgehead atoms. The first-order valence-corrected chi connectivity index (χ1v) is 16.5. The second-order valence-electron chi connectivity index (χ2n) is 11.9. The molecular formula is C40H48N2O4. The van der Waals surface area contributed by atoms with Crippen LogP contribution in [-0.4, -0.2) is 37.1 Å². The van der Waals surface area contributed by atoms with Crippen molar-refractivity contribution in [3.63, 3.8) is 0 Å². The largest absolute Gasteiger partial charge is 0.481 e. The van der Waals surface area contributed by atoms with Crippen LogP contribution in [0.3, 0.4) is 0 Å². The first-order valence-electron chi connectivity index (χ1n) is 16.5. The maximum absolute atomic E-state index is 14.1. The Morgan fingerprint density at radius 1 is 0.522 bits per heavy atom. The van der Waals surface area contributed by atoms with Crippen LogP contribution in [-0.2, 0) is 9.59 Å². The third-order valence-corrected chi connectivity index (χ3v) is 8.64. The van der Waals surface area contributed by atoms with Gasteiger partial charge in [-0.15, -0.1) is 0 Å². The van der Waals surface area contributed by atoms with E-state index in [0.29, 0.717) is 11.8 Å². The van der Waals surface area contributed by atoms with Crippen LogP contribution < -0.4 is 19.3 Å². The second kappa shape index (κ2) is 16.6. The Hall–Kier alpha value is -4.58. The standard InChI is InChI=1S/C40H48N2O4/c1-7-29(3)35-23-15-17-25-37(35)45-31(5)39(43)41(33-19-11-9-12-20-33)27-28-42(34-21-13-10-14-22-34)40(44)32(6)46-38-26-18-16-24-36(38)30(4)8-2/h9-26,29-32H,7-8,27-28H2,1-6H3. The summed E-state index contributed by atoms with van der Waals surface area (Å²) in [5.41, 5.74) is 3.65. The average molecular weight is 621 g/mol. The van der Waals surface area contributed by atoms with Crippen LogP contribution in [0.15, 0.2) is 109 Å². The number of hydrogen-bond acceptors (Lipinski definition) is 4. The van der Waals surface area contributed by atoms with E-state index in [-0.39, 0.29) is 24.9 Å². The highest BCUT2D eigenvalue weighted by molar-refractivity contribution is 5.98. The third kappa shape index (κ3) is 8.57. The van der Waals surface area contributed by atoms with E-state index in [4.69, 9.17) is 9.47 Å². The Kier molecular flexibility index (Phi) is 12.4. The van der Waals surface area contributed by atoms with E-state index >= 15 is 0 Å². The first-order chi connectivity index (χ1) is 22.2. The number of ether oxygens (including phenoxy) is 2. The summed E-state index contributed by atoms with van der Waals surface area (Å²) in [7, 11) is 0. The quantitative estimate of drug-likeness (QED) is 0.133. The highest BCUT2D eigenvalue weighted by Gasteiger charge is 2.29. The Morgan fingerprint density at radius 2 is 0.848 bits per heavy atom. The molecule has 0 saturated carbocycles. The average Bonchev–Trinajstić information content (AvgIpc) is 3.10. The van der Waals surface area contributed by atoms with Crippen molar-refractivity contribution in [3.8, 4) is 11.5 Å². The van der Waals surface area contributed by atoms with Gasteiger partial charge in [-0.25, -0.2) is 0 Å². The van der Waals surface area contributed by atoms with Crippen LogP contribution in [0.25, 0.3) is 0 Å². The SMILES string of the molecule is CCC(C)c1ccccc1OC(C)C(=O)N(CCN(C(=O)C(C)Oc1ccccc1C(C)CC)c1ccccc1)c1ccccc1. The zero-order valence-electron chi connectivity index (χ0n) is 28.1. The molecule has 46 heavy (non-hydrogen) atoms. The Balaban J connectivity index is 1.58. The number of hydrogen-bond donors (Lipinski definition) is 0. The van der Waals surface area contributed by atoms with E-state index in [1.807, 2.05) is 97.1 Å². The summed E-state index contributed by atoms with van der Waals surface area (Å²) in [4.78, 5) is 31.6. The van der Waals surface area contributed by atoms with Crippen molar-refractivity contribution in [2.45, 2.75) is 78.4 Å². The van der Waals surface area contributed by atoms with Gasteiger partial charge in [-0.2, -0.15) is 0 Å². The normalized spacial score (nSPS) is 13.6. The molecule has 6 nitrogen and oxygen atoms in total. The lowest BCUT2D eigenvalue weighted by atomic mass is 9.98. The van der Waals surface area contributed by atoms with E-state index in [1.54, 1.807) is 23.6 Å². The number of rotatable bonds is 15. The summed E-state index contributed by atoms with van der Waals surface area (Å²) in [6, 6.07) is 34.9. The summed E-state index contributed by atoms with van der Waals surface area (Å²) < 4.78 is 12.6. The fourth-order valence-electron chi connectivity index (χ4n) is 5.50. The minimum Gasteiger partial charge on any atom is -0.481 e. The second-order valence-corrected chi connectivity index (χ2v) is 11.9. The van der Waals surface area contributed by atoms with E-state index in [9.17, 15) is 9.59 Å². The molecular weight excluding hydrogens is 572 g/mol. The van der Waals surface area contributed by atoms with Gasteiger partial charge < -0.3 is 19.3 Å². The van der Waals surface area contributed by atoms with Crippen LogP contribution in [0.5, 0.6) is 11.5 Å². The van der Waals surface area contributed by atoms with Gasteiger partial charge in [0.15, 0.2) is 12.2 Å². The van der Waals surface area contributed by atoms with Gasteiger partial charge in [-0.1, -0.05) is 100 Å². The predicted octanol–water partition coefficient (Wildman–Crippen LogP) is 9.01. The summed E-state index contributed by atoms with van der Waals surface area (Å²) in [5.74, 6) is 1.67. The number of amides is 2. The van der Waals surface area contributed by atoms with Crippen molar-refractivity contribution in [3.05, 3.63) is 120 Å². The van der Waals surface area contributed by atoms with Crippen LogP contribution in [0.1, 0.15) is 77.3 Å². The Morgan fingerprint density at radius 3 is 1.20 bits per heavy atom. The maximum atomic E-state index is 14.1. The van der Waals surface area contributed by atoms with Crippen LogP contribution in [0.2, 0.25) is 0 Å². The fourth-order valence-corrected chi connectivity index (χ4v) is 5.50. The van der Waals surface area contributed by atoms with Gasteiger partial charge in [-0.05, 0) is 86.1 Å². The molecule has 6 heteroatoms.